The van der Waals surface area contributed by atoms with E-state index < -0.39 is 0 Å². The smallest absolute Gasteiger partial charge is 0.240 e. The van der Waals surface area contributed by atoms with Gasteiger partial charge in [-0.25, -0.2) is 0 Å². The fourth-order valence-corrected chi connectivity index (χ4v) is 3.41. The first-order valence-corrected chi connectivity index (χ1v) is 7.97. The van der Waals surface area contributed by atoms with Crippen LogP contribution in [0.2, 0.25) is 0 Å². The largest absolute Gasteiger partial charge is 0.395 e. The third-order valence-electron chi connectivity index (χ3n) is 4.50. The summed E-state index contributed by atoms with van der Waals surface area (Å²) in [6.07, 6.45) is 10.4. The monoisotopic (exact) mass is 268 g/mol. The number of nitrogens with zero attached hydrogens (tertiary/aromatic N) is 1. The minimum absolute atomic E-state index is 0.0176. The summed E-state index contributed by atoms with van der Waals surface area (Å²) in [7, 11) is 0. The Bertz CT molecular complexity index is 269. The number of aliphatic hydroxyl groups is 1. The lowest BCUT2D eigenvalue weighted by atomic mass is 9.93. The maximum Gasteiger partial charge on any atom is 0.240 e. The molecule has 0 aromatic heterocycles. The highest BCUT2D eigenvalue weighted by molar-refractivity contribution is 5.82. The van der Waals surface area contributed by atoms with E-state index in [0.29, 0.717) is 12.6 Å². The molecule has 1 heterocycles. The van der Waals surface area contributed by atoms with Crippen molar-refractivity contribution < 1.29 is 9.90 Å². The molecule has 19 heavy (non-hydrogen) atoms. The van der Waals surface area contributed by atoms with E-state index in [1.54, 1.807) is 0 Å². The van der Waals surface area contributed by atoms with Gasteiger partial charge in [-0.3, -0.25) is 4.79 Å². The van der Waals surface area contributed by atoms with Crippen molar-refractivity contribution in [1.82, 2.24) is 10.2 Å². The van der Waals surface area contributed by atoms with Crippen LogP contribution in [-0.4, -0.2) is 47.7 Å². The minimum Gasteiger partial charge on any atom is -0.395 e. The van der Waals surface area contributed by atoms with Crippen LogP contribution in [-0.2, 0) is 4.79 Å². The van der Waals surface area contributed by atoms with Crippen molar-refractivity contribution in [3.63, 3.8) is 0 Å². The Labute approximate surface area is 116 Å². The molecular weight excluding hydrogens is 240 g/mol. The molecule has 1 atom stereocenters. The molecule has 2 fully saturated rings. The van der Waals surface area contributed by atoms with Gasteiger partial charge in [0.2, 0.25) is 5.91 Å². The number of aliphatic hydroxyl groups excluding tert-OH is 1. The zero-order valence-electron chi connectivity index (χ0n) is 11.9. The van der Waals surface area contributed by atoms with Crippen molar-refractivity contribution in [1.29, 1.82) is 0 Å². The van der Waals surface area contributed by atoms with Gasteiger partial charge in [-0.1, -0.05) is 32.1 Å². The van der Waals surface area contributed by atoms with Gasteiger partial charge in [0.15, 0.2) is 0 Å². The number of hydrogen-bond donors (Lipinski definition) is 2. The minimum atomic E-state index is -0.0176. The van der Waals surface area contributed by atoms with Crippen molar-refractivity contribution in [3.05, 3.63) is 0 Å². The molecule has 1 saturated heterocycles. The number of nitrogens with one attached hydrogen (secondary N) is 1. The van der Waals surface area contributed by atoms with Crippen molar-refractivity contribution in [2.24, 2.45) is 0 Å². The Kier molecular flexibility index (Phi) is 6.11. The maximum atomic E-state index is 12.7. The summed E-state index contributed by atoms with van der Waals surface area (Å²) in [4.78, 5) is 14.7. The van der Waals surface area contributed by atoms with E-state index in [4.69, 9.17) is 0 Å². The molecule has 0 radical (unpaired) electrons. The van der Waals surface area contributed by atoms with Gasteiger partial charge in [0.1, 0.15) is 0 Å². The van der Waals surface area contributed by atoms with Crippen LogP contribution in [0.3, 0.4) is 0 Å². The van der Waals surface area contributed by atoms with E-state index in [9.17, 15) is 9.90 Å². The van der Waals surface area contributed by atoms with Crippen LogP contribution in [0, 0.1) is 0 Å². The fourth-order valence-electron chi connectivity index (χ4n) is 3.41. The van der Waals surface area contributed by atoms with Gasteiger partial charge in [-0.2, -0.15) is 0 Å². The van der Waals surface area contributed by atoms with Crippen LogP contribution >= 0.6 is 0 Å². The summed E-state index contributed by atoms with van der Waals surface area (Å²) in [5, 5.41) is 12.6. The molecule has 0 bridgehead atoms. The van der Waals surface area contributed by atoms with Crippen LogP contribution in [0.5, 0.6) is 0 Å². The highest BCUT2D eigenvalue weighted by Crippen LogP contribution is 2.24. The van der Waals surface area contributed by atoms with E-state index >= 15 is 0 Å². The van der Waals surface area contributed by atoms with Gasteiger partial charge in [-0.05, 0) is 32.2 Å². The molecule has 0 spiro atoms. The summed E-state index contributed by atoms with van der Waals surface area (Å²) < 4.78 is 0. The van der Waals surface area contributed by atoms with Crippen LogP contribution in [0.15, 0.2) is 0 Å². The normalized spacial score (nSPS) is 25.8. The van der Waals surface area contributed by atoms with Crippen molar-refractivity contribution in [2.45, 2.75) is 69.9 Å². The van der Waals surface area contributed by atoms with E-state index in [2.05, 4.69) is 5.32 Å². The lowest BCUT2D eigenvalue weighted by Gasteiger charge is -2.36. The summed E-state index contributed by atoms with van der Waals surface area (Å²) in [6.45, 7) is 1.53. The van der Waals surface area contributed by atoms with Crippen molar-refractivity contribution in [3.8, 4) is 0 Å². The molecule has 0 aromatic rings. The van der Waals surface area contributed by atoms with Crippen molar-refractivity contribution in [2.75, 3.05) is 19.7 Å². The topological polar surface area (TPSA) is 52.6 Å². The van der Waals surface area contributed by atoms with Crippen LogP contribution in [0.4, 0.5) is 0 Å². The lowest BCUT2D eigenvalue weighted by molar-refractivity contribution is -0.137. The molecule has 2 N–H and O–H groups in total. The zero-order valence-corrected chi connectivity index (χ0v) is 11.9. The number of carbonyl (C=O) groups excluding carboxylic acids is 1. The Hall–Kier alpha value is -0.610. The first-order valence-electron chi connectivity index (χ1n) is 7.97. The number of amides is 1. The first kappa shape index (κ1) is 14.8. The molecule has 1 unspecified atom stereocenters. The molecule has 4 heteroatoms. The Morgan fingerprint density at radius 2 is 1.74 bits per heavy atom. The van der Waals surface area contributed by atoms with Gasteiger partial charge in [0.25, 0.3) is 0 Å². The van der Waals surface area contributed by atoms with E-state index in [1.807, 2.05) is 4.90 Å². The van der Waals surface area contributed by atoms with Gasteiger partial charge < -0.3 is 15.3 Å². The van der Waals surface area contributed by atoms with E-state index in [-0.39, 0.29) is 18.6 Å². The Balaban J connectivity index is 1.97. The van der Waals surface area contributed by atoms with Crippen LogP contribution in [0.1, 0.15) is 57.8 Å². The van der Waals surface area contributed by atoms with Gasteiger partial charge in [-0.15, -0.1) is 0 Å². The second-order valence-corrected chi connectivity index (χ2v) is 5.90. The lowest BCUT2D eigenvalue weighted by Crippen LogP contribution is -2.51. The number of carbonyl (C=O) groups is 1. The molecule has 1 amide bonds. The quantitative estimate of drug-likeness (QED) is 0.815. The molecule has 1 aliphatic heterocycles. The van der Waals surface area contributed by atoms with Crippen LogP contribution < -0.4 is 5.32 Å². The standard InChI is InChI=1S/C15H28N2O2/c18-12-11-17(13-7-3-1-4-8-13)15(19)14-9-5-2-6-10-16-14/h13-14,16,18H,1-12H2. The molecule has 0 aromatic carbocycles. The summed E-state index contributed by atoms with van der Waals surface area (Å²) in [6, 6.07) is 0.342. The third-order valence-corrected chi connectivity index (χ3v) is 4.50. The number of hydrogen-bond acceptors (Lipinski definition) is 3. The molecule has 1 saturated carbocycles. The Morgan fingerprint density at radius 1 is 1.05 bits per heavy atom. The maximum absolute atomic E-state index is 12.7. The van der Waals surface area contributed by atoms with Crippen molar-refractivity contribution >= 4 is 5.91 Å². The van der Waals surface area contributed by atoms with Gasteiger partial charge >= 0.3 is 0 Å². The third kappa shape index (κ3) is 4.18. The molecule has 2 rings (SSSR count). The average Bonchev–Trinajstić information content (AvgIpc) is 2.74. The number of rotatable bonds is 4. The highest BCUT2D eigenvalue weighted by atomic mass is 16.3. The molecular formula is C15H28N2O2. The van der Waals surface area contributed by atoms with E-state index in [1.165, 1.54) is 32.1 Å². The first-order chi connectivity index (χ1) is 9.33. The summed E-state index contributed by atoms with van der Waals surface area (Å²) in [5.41, 5.74) is 0. The fraction of sp³-hybridized carbons (Fsp3) is 0.933. The molecule has 4 nitrogen and oxygen atoms in total. The second kappa shape index (κ2) is 7.85. The zero-order chi connectivity index (χ0) is 13.5. The average molecular weight is 268 g/mol. The predicted octanol–water partition coefficient (Wildman–Crippen LogP) is 1.67. The summed E-state index contributed by atoms with van der Waals surface area (Å²) >= 11 is 0. The SMILES string of the molecule is O=C(C1CCCCCN1)N(CCO)C1CCCCC1. The van der Waals surface area contributed by atoms with Gasteiger partial charge in [0, 0.05) is 12.6 Å². The molecule has 1 aliphatic carbocycles. The highest BCUT2D eigenvalue weighted by Gasteiger charge is 2.30. The van der Waals surface area contributed by atoms with Crippen LogP contribution in [0.25, 0.3) is 0 Å². The second-order valence-electron chi connectivity index (χ2n) is 5.90. The Morgan fingerprint density at radius 3 is 2.47 bits per heavy atom. The molecule has 110 valence electrons. The van der Waals surface area contributed by atoms with E-state index in [0.717, 1.165) is 32.2 Å². The summed E-state index contributed by atoms with van der Waals surface area (Å²) in [5.74, 6) is 0.225. The van der Waals surface area contributed by atoms with Gasteiger partial charge in [0.05, 0.1) is 12.6 Å². The molecule has 2 aliphatic rings. The predicted molar refractivity (Wildman–Crippen MR) is 75.9 cm³/mol.